The van der Waals surface area contributed by atoms with Crippen LogP contribution in [0.4, 0.5) is 5.82 Å². The SMILES string of the molecule is O=C(NCCO)c1ccc(NO)nc1. The van der Waals surface area contributed by atoms with Gasteiger partial charge in [-0.1, -0.05) is 0 Å². The van der Waals surface area contributed by atoms with Crippen molar-refractivity contribution < 1.29 is 15.1 Å². The summed E-state index contributed by atoms with van der Waals surface area (Å²) < 4.78 is 0. The van der Waals surface area contributed by atoms with E-state index in [1.165, 1.54) is 18.3 Å². The predicted octanol–water partition coefficient (Wildman–Crippen LogP) is -0.395. The van der Waals surface area contributed by atoms with Gasteiger partial charge in [0.15, 0.2) is 0 Å². The molecule has 6 heteroatoms. The first-order chi connectivity index (χ1) is 6.77. The number of aliphatic hydroxyl groups is 1. The van der Waals surface area contributed by atoms with E-state index in [0.717, 1.165) is 0 Å². The number of nitrogens with one attached hydrogen (secondary N) is 2. The molecule has 0 saturated carbocycles. The van der Waals surface area contributed by atoms with Crippen LogP contribution in [0.3, 0.4) is 0 Å². The highest BCUT2D eigenvalue weighted by atomic mass is 16.5. The molecule has 0 radical (unpaired) electrons. The number of pyridine rings is 1. The number of carbonyl (C=O) groups excluding carboxylic acids is 1. The number of hydrogen-bond acceptors (Lipinski definition) is 5. The van der Waals surface area contributed by atoms with Crippen molar-refractivity contribution in [3.63, 3.8) is 0 Å². The van der Waals surface area contributed by atoms with Crippen LogP contribution in [0.15, 0.2) is 18.3 Å². The minimum absolute atomic E-state index is 0.102. The molecule has 0 aliphatic rings. The van der Waals surface area contributed by atoms with Crippen LogP contribution in [0.1, 0.15) is 10.4 Å². The summed E-state index contributed by atoms with van der Waals surface area (Å²) in [6.45, 7) is 0.105. The van der Waals surface area contributed by atoms with E-state index in [1.54, 1.807) is 0 Å². The van der Waals surface area contributed by atoms with Gasteiger partial charge in [0.25, 0.3) is 5.91 Å². The molecule has 1 amide bonds. The molecule has 0 fully saturated rings. The second-order valence-electron chi connectivity index (χ2n) is 2.52. The number of rotatable bonds is 4. The maximum atomic E-state index is 11.3. The van der Waals surface area contributed by atoms with Crippen LogP contribution in [0.5, 0.6) is 0 Å². The largest absolute Gasteiger partial charge is 0.395 e. The molecule has 0 bridgehead atoms. The van der Waals surface area contributed by atoms with Crippen molar-refractivity contribution in [3.05, 3.63) is 23.9 Å². The summed E-state index contributed by atoms with van der Waals surface area (Å²) in [4.78, 5) is 15.0. The molecule has 1 heterocycles. The summed E-state index contributed by atoms with van der Waals surface area (Å²) in [6.07, 6.45) is 1.32. The first-order valence-electron chi connectivity index (χ1n) is 4.03. The molecular formula is C8H11N3O3. The van der Waals surface area contributed by atoms with Gasteiger partial charge >= 0.3 is 0 Å². The Morgan fingerprint density at radius 1 is 1.50 bits per heavy atom. The van der Waals surface area contributed by atoms with Crippen molar-refractivity contribution in [2.75, 3.05) is 18.6 Å². The smallest absolute Gasteiger partial charge is 0.252 e. The zero-order chi connectivity index (χ0) is 10.4. The predicted molar refractivity (Wildman–Crippen MR) is 49.1 cm³/mol. The number of carbonyl (C=O) groups is 1. The second kappa shape index (κ2) is 5.15. The Bertz CT molecular complexity index is 299. The number of amides is 1. The van der Waals surface area contributed by atoms with Crippen molar-refractivity contribution in [1.82, 2.24) is 10.3 Å². The van der Waals surface area contributed by atoms with Gasteiger partial charge in [-0.05, 0) is 12.1 Å². The average Bonchev–Trinajstić information content (AvgIpc) is 2.26. The normalized spacial score (nSPS) is 9.57. The molecule has 0 unspecified atom stereocenters. The maximum Gasteiger partial charge on any atom is 0.252 e. The zero-order valence-electron chi connectivity index (χ0n) is 7.40. The fraction of sp³-hybridized carbons (Fsp3) is 0.250. The van der Waals surface area contributed by atoms with Gasteiger partial charge in [0.05, 0.1) is 12.2 Å². The van der Waals surface area contributed by atoms with Crippen LogP contribution < -0.4 is 10.8 Å². The third-order valence-corrected chi connectivity index (χ3v) is 1.54. The Morgan fingerprint density at radius 2 is 2.29 bits per heavy atom. The van der Waals surface area contributed by atoms with E-state index in [9.17, 15) is 4.79 Å². The maximum absolute atomic E-state index is 11.3. The lowest BCUT2D eigenvalue weighted by atomic mass is 10.2. The van der Waals surface area contributed by atoms with E-state index in [0.29, 0.717) is 5.56 Å². The number of aliphatic hydroxyl groups excluding tert-OH is 1. The molecule has 0 aromatic carbocycles. The van der Waals surface area contributed by atoms with Crippen molar-refractivity contribution in [2.45, 2.75) is 0 Å². The van der Waals surface area contributed by atoms with Crippen molar-refractivity contribution in [3.8, 4) is 0 Å². The highest BCUT2D eigenvalue weighted by molar-refractivity contribution is 5.93. The third kappa shape index (κ3) is 2.68. The standard InChI is InChI=1S/C8H11N3O3/c12-4-3-9-8(13)6-1-2-7(11-14)10-5-6/h1-2,5,12,14H,3-4H2,(H,9,13)(H,10,11). The van der Waals surface area contributed by atoms with Crippen LogP contribution in [-0.4, -0.2) is 34.4 Å². The third-order valence-electron chi connectivity index (χ3n) is 1.54. The molecule has 0 saturated heterocycles. The van der Waals surface area contributed by atoms with Gasteiger partial charge in [-0.25, -0.2) is 4.98 Å². The monoisotopic (exact) mass is 197 g/mol. The number of nitrogens with zero attached hydrogens (tertiary/aromatic N) is 1. The zero-order valence-corrected chi connectivity index (χ0v) is 7.40. The summed E-state index contributed by atoms with van der Waals surface area (Å²) in [5, 5.41) is 19.4. The quantitative estimate of drug-likeness (QED) is 0.493. The highest BCUT2D eigenvalue weighted by Crippen LogP contribution is 2.03. The van der Waals surface area contributed by atoms with Gasteiger partial charge < -0.3 is 10.4 Å². The summed E-state index contributed by atoms with van der Waals surface area (Å²) in [6, 6.07) is 2.98. The molecule has 1 rings (SSSR count). The lowest BCUT2D eigenvalue weighted by Gasteiger charge is -2.03. The van der Waals surface area contributed by atoms with Crippen LogP contribution >= 0.6 is 0 Å². The summed E-state index contributed by atoms with van der Waals surface area (Å²) >= 11 is 0. The minimum atomic E-state index is -0.309. The van der Waals surface area contributed by atoms with Gasteiger partial charge in [-0.2, -0.15) is 0 Å². The molecule has 0 atom stereocenters. The molecule has 76 valence electrons. The summed E-state index contributed by atoms with van der Waals surface area (Å²) in [5.74, 6) is -0.0419. The number of anilines is 1. The van der Waals surface area contributed by atoms with Gasteiger partial charge in [0, 0.05) is 12.7 Å². The molecule has 0 spiro atoms. The summed E-state index contributed by atoms with van der Waals surface area (Å²) in [5.41, 5.74) is 2.23. The van der Waals surface area contributed by atoms with E-state index >= 15 is 0 Å². The molecule has 1 aromatic rings. The molecule has 4 N–H and O–H groups in total. The molecule has 14 heavy (non-hydrogen) atoms. The van der Waals surface area contributed by atoms with Crippen LogP contribution in [-0.2, 0) is 0 Å². The Balaban J connectivity index is 2.62. The number of aromatic nitrogens is 1. The molecule has 0 aliphatic heterocycles. The molecule has 1 aromatic heterocycles. The van der Waals surface area contributed by atoms with Gasteiger partial charge in [-0.15, -0.1) is 0 Å². The molecular weight excluding hydrogens is 186 g/mol. The van der Waals surface area contributed by atoms with E-state index in [1.807, 2.05) is 5.48 Å². The Hall–Kier alpha value is -1.66. The van der Waals surface area contributed by atoms with E-state index < -0.39 is 0 Å². The van der Waals surface area contributed by atoms with Gasteiger partial charge in [0.2, 0.25) is 0 Å². The van der Waals surface area contributed by atoms with Gasteiger partial charge in [0.1, 0.15) is 5.82 Å². The minimum Gasteiger partial charge on any atom is -0.395 e. The van der Waals surface area contributed by atoms with E-state index in [-0.39, 0.29) is 24.9 Å². The van der Waals surface area contributed by atoms with Crippen LogP contribution in [0.2, 0.25) is 0 Å². The molecule has 6 nitrogen and oxygen atoms in total. The van der Waals surface area contributed by atoms with Crippen molar-refractivity contribution in [1.29, 1.82) is 0 Å². The summed E-state index contributed by atoms with van der Waals surface area (Å²) in [7, 11) is 0. The van der Waals surface area contributed by atoms with E-state index in [2.05, 4.69) is 10.3 Å². The second-order valence-corrected chi connectivity index (χ2v) is 2.52. The first-order valence-corrected chi connectivity index (χ1v) is 4.03. The van der Waals surface area contributed by atoms with Crippen molar-refractivity contribution in [2.24, 2.45) is 0 Å². The Kier molecular flexibility index (Phi) is 3.84. The van der Waals surface area contributed by atoms with Gasteiger partial charge in [-0.3, -0.25) is 15.5 Å². The van der Waals surface area contributed by atoms with Crippen molar-refractivity contribution >= 4 is 11.7 Å². The van der Waals surface area contributed by atoms with Crippen LogP contribution in [0, 0.1) is 0 Å². The Labute approximate surface area is 80.5 Å². The lowest BCUT2D eigenvalue weighted by Crippen LogP contribution is -2.26. The fourth-order valence-electron chi connectivity index (χ4n) is 0.866. The lowest BCUT2D eigenvalue weighted by molar-refractivity contribution is 0.0944. The first kappa shape index (κ1) is 10.4. The average molecular weight is 197 g/mol. The van der Waals surface area contributed by atoms with E-state index in [4.69, 9.17) is 10.3 Å². The van der Waals surface area contributed by atoms with Crippen LogP contribution in [0.25, 0.3) is 0 Å². The topological polar surface area (TPSA) is 94.5 Å². The highest BCUT2D eigenvalue weighted by Gasteiger charge is 2.04. The fourth-order valence-corrected chi connectivity index (χ4v) is 0.866. The number of hydrogen-bond donors (Lipinski definition) is 4. The Morgan fingerprint density at radius 3 is 2.79 bits per heavy atom. The molecule has 0 aliphatic carbocycles.